The summed E-state index contributed by atoms with van der Waals surface area (Å²) in [5.41, 5.74) is 1.35. The zero-order valence-electron chi connectivity index (χ0n) is 11.7. The van der Waals surface area contributed by atoms with Crippen LogP contribution in [0.5, 0.6) is 0 Å². The normalized spacial score (nSPS) is 16.6. The largest absolute Gasteiger partial charge is 0.311 e. The molecule has 0 unspecified atom stereocenters. The van der Waals surface area contributed by atoms with Gasteiger partial charge in [0.15, 0.2) is 0 Å². The van der Waals surface area contributed by atoms with Crippen molar-refractivity contribution in [1.82, 2.24) is 15.2 Å². The Hall–Kier alpha value is -1.10. The fourth-order valence-electron chi connectivity index (χ4n) is 2.54. The summed E-state index contributed by atoms with van der Waals surface area (Å²) >= 11 is 2.07. The number of pyridine rings is 1. The number of thioether (sulfide) groups is 1. The highest BCUT2D eigenvalue weighted by atomic mass is 32.2. The van der Waals surface area contributed by atoms with Gasteiger partial charge in [-0.15, -0.1) is 0 Å². The Balaban J connectivity index is 1.47. The predicted molar refractivity (Wildman–Crippen MR) is 87.2 cm³/mol. The standard InChI is InChI=1S/C16H21N3S/c1-2-16-13-17-4-3-15(16)11-14(1)12-18-5-6-19-7-9-20-10-8-19/h1-4,11,13,18H,5-10,12H2. The molecule has 1 aliphatic heterocycles. The third-order valence-electron chi connectivity index (χ3n) is 3.74. The summed E-state index contributed by atoms with van der Waals surface area (Å²) in [6, 6.07) is 8.67. The van der Waals surface area contributed by atoms with Crippen molar-refractivity contribution in [1.29, 1.82) is 0 Å². The fraction of sp³-hybridized carbons (Fsp3) is 0.438. The van der Waals surface area contributed by atoms with Crippen LogP contribution >= 0.6 is 11.8 Å². The first-order valence-corrected chi connectivity index (χ1v) is 8.41. The molecule has 0 saturated carbocycles. The molecule has 0 atom stereocenters. The lowest BCUT2D eigenvalue weighted by Crippen LogP contribution is -2.37. The molecule has 1 saturated heterocycles. The molecule has 20 heavy (non-hydrogen) atoms. The number of benzene rings is 1. The molecule has 3 nitrogen and oxygen atoms in total. The van der Waals surface area contributed by atoms with E-state index in [2.05, 4.69) is 51.2 Å². The van der Waals surface area contributed by atoms with Crippen LogP contribution in [-0.4, -0.2) is 47.6 Å². The van der Waals surface area contributed by atoms with Crippen LogP contribution in [0.15, 0.2) is 36.7 Å². The molecule has 3 rings (SSSR count). The van der Waals surface area contributed by atoms with Gasteiger partial charge in [-0.3, -0.25) is 4.98 Å². The van der Waals surface area contributed by atoms with Crippen LogP contribution in [0, 0.1) is 0 Å². The SMILES string of the molecule is c1cc2cc(CNCCN3CCSCC3)ccc2cn1. The first-order chi connectivity index (χ1) is 9.92. The minimum atomic E-state index is 0.945. The number of hydrogen-bond acceptors (Lipinski definition) is 4. The zero-order chi connectivity index (χ0) is 13.6. The summed E-state index contributed by atoms with van der Waals surface area (Å²) in [4.78, 5) is 6.70. The van der Waals surface area contributed by atoms with E-state index < -0.39 is 0 Å². The van der Waals surface area contributed by atoms with Crippen molar-refractivity contribution in [2.24, 2.45) is 0 Å². The van der Waals surface area contributed by atoms with Crippen molar-refractivity contribution >= 4 is 22.5 Å². The molecule has 106 valence electrons. The second-order valence-corrected chi connectivity index (χ2v) is 6.41. The highest BCUT2D eigenvalue weighted by Crippen LogP contribution is 2.14. The molecule has 4 heteroatoms. The number of fused-ring (bicyclic) bond motifs is 1. The second-order valence-electron chi connectivity index (χ2n) is 5.19. The number of aromatic nitrogens is 1. The van der Waals surface area contributed by atoms with Crippen LogP contribution in [0.25, 0.3) is 10.8 Å². The van der Waals surface area contributed by atoms with E-state index in [4.69, 9.17) is 0 Å². The fourth-order valence-corrected chi connectivity index (χ4v) is 3.52. The van der Waals surface area contributed by atoms with Gasteiger partial charge in [-0.05, 0) is 23.1 Å². The topological polar surface area (TPSA) is 28.2 Å². The van der Waals surface area contributed by atoms with E-state index in [0.717, 1.165) is 19.6 Å². The Morgan fingerprint density at radius 3 is 2.95 bits per heavy atom. The van der Waals surface area contributed by atoms with Gasteiger partial charge in [0, 0.05) is 62.0 Å². The van der Waals surface area contributed by atoms with Gasteiger partial charge in [0.05, 0.1) is 0 Å². The number of rotatable bonds is 5. The van der Waals surface area contributed by atoms with Gasteiger partial charge < -0.3 is 10.2 Å². The molecule has 0 amide bonds. The summed E-state index contributed by atoms with van der Waals surface area (Å²) in [7, 11) is 0. The van der Waals surface area contributed by atoms with Gasteiger partial charge in [-0.1, -0.05) is 12.1 Å². The lowest BCUT2D eigenvalue weighted by atomic mass is 10.1. The van der Waals surface area contributed by atoms with Crippen LogP contribution in [0.4, 0.5) is 0 Å². The van der Waals surface area contributed by atoms with Crippen molar-refractivity contribution in [3.05, 3.63) is 42.2 Å². The first-order valence-electron chi connectivity index (χ1n) is 7.25. The smallest absolute Gasteiger partial charge is 0.0346 e. The Bertz CT molecular complexity index is 552. The molecule has 2 aromatic rings. The van der Waals surface area contributed by atoms with E-state index in [0.29, 0.717) is 0 Å². The molecular formula is C16H21N3S. The van der Waals surface area contributed by atoms with Crippen LogP contribution < -0.4 is 5.32 Å². The highest BCUT2D eigenvalue weighted by molar-refractivity contribution is 7.99. The third kappa shape index (κ3) is 3.72. The van der Waals surface area contributed by atoms with Gasteiger partial charge in [-0.25, -0.2) is 0 Å². The lowest BCUT2D eigenvalue weighted by molar-refractivity contribution is 0.301. The molecule has 1 fully saturated rings. The zero-order valence-corrected chi connectivity index (χ0v) is 12.5. The Morgan fingerprint density at radius 1 is 1.15 bits per heavy atom. The van der Waals surface area contributed by atoms with E-state index in [1.165, 1.54) is 40.9 Å². The third-order valence-corrected chi connectivity index (χ3v) is 4.69. The van der Waals surface area contributed by atoms with Gasteiger partial charge in [0.1, 0.15) is 0 Å². The maximum atomic E-state index is 4.15. The maximum Gasteiger partial charge on any atom is 0.0346 e. The van der Waals surface area contributed by atoms with E-state index >= 15 is 0 Å². The molecule has 0 aliphatic carbocycles. The van der Waals surface area contributed by atoms with Crippen LogP contribution in [0.2, 0.25) is 0 Å². The molecule has 1 N–H and O–H groups in total. The van der Waals surface area contributed by atoms with Crippen molar-refractivity contribution in [2.75, 3.05) is 37.7 Å². The summed E-state index contributed by atoms with van der Waals surface area (Å²) in [5, 5.41) is 6.03. The average molecular weight is 287 g/mol. The van der Waals surface area contributed by atoms with Crippen LogP contribution in [-0.2, 0) is 6.54 Å². The quantitative estimate of drug-likeness (QED) is 0.855. The number of hydrogen-bond donors (Lipinski definition) is 1. The van der Waals surface area contributed by atoms with Crippen molar-refractivity contribution in [3.63, 3.8) is 0 Å². The molecule has 1 aliphatic rings. The van der Waals surface area contributed by atoms with Crippen molar-refractivity contribution in [2.45, 2.75) is 6.54 Å². The summed E-state index contributed by atoms with van der Waals surface area (Å²) in [6.45, 7) is 5.67. The van der Waals surface area contributed by atoms with Gasteiger partial charge >= 0.3 is 0 Å². The van der Waals surface area contributed by atoms with E-state index in [1.54, 1.807) is 0 Å². The number of nitrogens with one attached hydrogen (secondary N) is 1. The Kier molecular flexibility index (Phi) is 4.90. The van der Waals surface area contributed by atoms with Crippen molar-refractivity contribution < 1.29 is 0 Å². The summed E-state index contributed by atoms with van der Waals surface area (Å²) < 4.78 is 0. The average Bonchev–Trinajstić information content (AvgIpc) is 2.52. The van der Waals surface area contributed by atoms with Crippen LogP contribution in [0.1, 0.15) is 5.56 Å². The monoisotopic (exact) mass is 287 g/mol. The highest BCUT2D eigenvalue weighted by Gasteiger charge is 2.08. The maximum absolute atomic E-state index is 4.15. The van der Waals surface area contributed by atoms with Gasteiger partial charge in [0.25, 0.3) is 0 Å². The molecule has 1 aromatic carbocycles. The van der Waals surface area contributed by atoms with E-state index in [-0.39, 0.29) is 0 Å². The molecule has 0 bridgehead atoms. The molecule has 0 spiro atoms. The molecular weight excluding hydrogens is 266 g/mol. The molecule has 2 heterocycles. The van der Waals surface area contributed by atoms with E-state index in [9.17, 15) is 0 Å². The predicted octanol–water partition coefficient (Wildman–Crippen LogP) is 2.37. The lowest BCUT2D eigenvalue weighted by Gasteiger charge is -2.26. The Morgan fingerprint density at radius 2 is 2.05 bits per heavy atom. The summed E-state index contributed by atoms with van der Waals surface area (Å²) in [5.74, 6) is 2.58. The van der Waals surface area contributed by atoms with Crippen LogP contribution in [0.3, 0.4) is 0 Å². The minimum absolute atomic E-state index is 0.945. The Labute approximate surface area is 124 Å². The molecule has 1 aromatic heterocycles. The first kappa shape index (κ1) is 13.9. The van der Waals surface area contributed by atoms with E-state index in [1.807, 2.05) is 12.4 Å². The molecule has 0 radical (unpaired) electrons. The summed E-state index contributed by atoms with van der Waals surface area (Å²) in [6.07, 6.45) is 3.77. The van der Waals surface area contributed by atoms with Gasteiger partial charge in [-0.2, -0.15) is 11.8 Å². The van der Waals surface area contributed by atoms with Gasteiger partial charge in [0.2, 0.25) is 0 Å². The van der Waals surface area contributed by atoms with Crippen molar-refractivity contribution in [3.8, 4) is 0 Å². The second kappa shape index (κ2) is 7.07. The minimum Gasteiger partial charge on any atom is -0.311 e. The number of nitrogens with zero attached hydrogens (tertiary/aromatic N) is 2.